The lowest BCUT2D eigenvalue weighted by Gasteiger charge is -1.93. The Hall–Kier alpha value is -0.120. The zero-order valence-electron chi connectivity index (χ0n) is 8.00. The molecular weight excluding hydrogens is 156 g/mol. The van der Waals surface area contributed by atoms with Crippen molar-refractivity contribution < 1.29 is 15.3 Å². The first-order valence-electron chi connectivity index (χ1n) is 4.66. The summed E-state index contributed by atoms with van der Waals surface area (Å²) >= 11 is 0. The van der Waals surface area contributed by atoms with Crippen LogP contribution in [0.4, 0.5) is 0 Å². The lowest BCUT2D eigenvalue weighted by molar-refractivity contribution is 0.186. The molecular formula is C9H22O3. The van der Waals surface area contributed by atoms with Gasteiger partial charge in [-0.2, -0.15) is 0 Å². The highest BCUT2D eigenvalue weighted by molar-refractivity contribution is 4.39. The topological polar surface area (TPSA) is 60.7 Å². The van der Waals surface area contributed by atoms with Gasteiger partial charge in [-0.1, -0.05) is 32.6 Å². The zero-order chi connectivity index (χ0) is 9.66. The first-order valence-corrected chi connectivity index (χ1v) is 4.66. The Morgan fingerprint density at radius 2 is 1.17 bits per heavy atom. The maximum Gasteiger partial charge on any atom is 0.0662 e. The number of hydrogen-bond donors (Lipinski definition) is 3. The molecule has 0 unspecified atom stereocenters. The Kier molecular flexibility index (Phi) is 20.5. The van der Waals surface area contributed by atoms with Crippen LogP contribution < -0.4 is 0 Å². The average Bonchev–Trinajstić information content (AvgIpc) is 2.13. The normalized spacial score (nSPS) is 9.00. The molecule has 0 aromatic heterocycles. The van der Waals surface area contributed by atoms with Crippen molar-refractivity contribution in [2.75, 3.05) is 19.8 Å². The number of aliphatic hydroxyl groups excluding tert-OH is 3. The molecule has 0 saturated carbocycles. The maximum atomic E-state index is 8.37. The minimum atomic E-state index is -0.125. The minimum absolute atomic E-state index is 0.125. The molecule has 0 aromatic rings. The SMILES string of the molecule is CCCCCCCO.OCCO. The van der Waals surface area contributed by atoms with E-state index >= 15 is 0 Å². The number of rotatable bonds is 6. The van der Waals surface area contributed by atoms with Gasteiger partial charge in [0, 0.05) is 6.61 Å². The highest BCUT2D eigenvalue weighted by atomic mass is 16.3. The highest BCUT2D eigenvalue weighted by Crippen LogP contribution is 2.00. The first kappa shape index (κ1) is 14.4. The smallest absolute Gasteiger partial charge is 0.0662 e. The van der Waals surface area contributed by atoms with E-state index in [1.807, 2.05) is 0 Å². The van der Waals surface area contributed by atoms with Crippen molar-refractivity contribution in [2.24, 2.45) is 0 Å². The summed E-state index contributed by atoms with van der Waals surface area (Å²) in [6.45, 7) is 2.31. The second kappa shape index (κ2) is 17.1. The number of aliphatic hydroxyl groups is 3. The van der Waals surface area contributed by atoms with Crippen LogP contribution in [-0.4, -0.2) is 35.1 Å². The molecule has 12 heavy (non-hydrogen) atoms. The third-order valence-electron chi connectivity index (χ3n) is 1.36. The summed E-state index contributed by atoms with van der Waals surface area (Å²) < 4.78 is 0. The monoisotopic (exact) mass is 178 g/mol. The van der Waals surface area contributed by atoms with Crippen LogP contribution in [-0.2, 0) is 0 Å². The Bertz CT molecular complexity index is 49.7. The third-order valence-corrected chi connectivity index (χ3v) is 1.36. The van der Waals surface area contributed by atoms with Gasteiger partial charge in [-0.3, -0.25) is 0 Å². The van der Waals surface area contributed by atoms with Crippen LogP contribution in [0, 0.1) is 0 Å². The van der Waals surface area contributed by atoms with Gasteiger partial charge in [0.25, 0.3) is 0 Å². The Morgan fingerprint density at radius 1 is 0.667 bits per heavy atom. The van der Waals surface area contributed by atoms with E-state index in [-0.39, 0.29) is 13.2 Å². The van der Waals surface area contributed by atoms with Crippen LogP contribution >= 0.6 is 0 Å². The molecule has 76 valence electrons. The predicted octanol–water partition coefficient (Wildman–Crippen LogP) is 0.920. The van der Waals surface area contributed by atoms with Gasteiger partial charge in [-0.25, -0.2) is 0 Å². The lowest BCUT2D eigenvalue weighted by atomic mass is 10.2. The summed E-state index contributed by atoms with van der Waals surface area (Å²) in [7, 11) is 0. The quantitative estimate of drug-likeness (QED) is 0.530. The van der Waals surface area contributed by atoms with Gasteiger partial charge in [0.2, 0.25) is 0 Å². The standard InChI is InChI=1S/C7H16O.C2H6O2/c1-2-3-4-5-6-7-8;3-1-2-4/h8H,2-7H2,1H3;3-4H,1-2H2. The Balaban J connectivity index is 0. The lowest BCUT2D eigenvalue weighted by Crippen LogP contribution is -1.85. The average molecular weight is 178 g/mol. The van der Waals surface area contributed by atoms with E-state index in [1.54, 1.807) is 0 Å². The second-order valence-electron chi connectivity index (χ2n) is 2.59. The summed E-state index contributed by atoms with van der Waals surface area (Å²) in [5, 5.41) is 23.6. The third kappa shape index (κ3) is 22.5. The van der Waals surface area contributed by atoms with Gasteiger partial charge in [0.05, 0.1) is 13.2 Å². The number of unbranched alkanes of at least 4 members (excludes halogenated alkanes) is 4. The summed E-state index contributed by atoms with van der Waals surface area (Å²) in [5.41, 5.74) is 0. The van der Waals surface area contributed by atoms with E-state index in [0.717, 1.165) is 6.42 Å². The molecule has 3 N–H and O–H groups in total. The van der Waals surface area contributed by atoms with E-state index in [2.05, 4.69) is 6.92 Å². The van der Waals surface area contributed by atoms with Gasteiger partial charge in [-0.15, -0.1) is 0 Å². The molecule has 0 fully saturated rings. The van der Waals surface area contributed by atoms with E-state index < -0.39 is 0 Å². The molecule has 0 aliphatic rings. The molecule has 0 bridgehead atoms. The molecule has 0 rings (SSSR count). The fraction of sp³-hybridized carbons (Fsp3) is 1.00. The maximum absolute atomic E-state index is 8.37. The molecule has 0 saturated heterocycles. The summed E-state index contributed by atoms with van der Waals surface area (Å²) in [6.07, 6.45) is 6.08. The molecule has 0 atom stereocenters. The molecule has 0 spiro atoms. The predicted molar refractivity (Wildman–Crippen MR) is 50.0 cm³/mol. The van der Waals surface area contributed by atoms with Crippen LogP contribution in [0.2, 0.25) is 0 Å². The summed E-state index contributed by atoms with van der Waals surface area (Å²) in [6, 6.07) is 0. The van der Waals surface area contributed by atoms with Gasteiger partial charge < -0.3 is 15.3 Å². The van der Waals surface area contributed by atoms with Crippen molar-refractivity contribution in [3.05, 3.63) is 0 Å². The van der Waals surface area contributed by atoms with Crippen molar-refractivity contribution in [3.8, 4) is 0 Å². The first-order chi connectivity index (χ1) is 5.83. The van der Waals surface area contributed by atoms with Gasteiger partial charge in [0.15, 0.2) is 0 Å². The molecule has 0 aromatic carbocycles. The molecule has 0 aliphatic carbocycles. The van der Waals surface area contributed by atoms with Crippen molar-refractivity contribution in [2.45, 2.75) is 39.0 Å². The zero-order valence-corrected chi connectivity index (χ0v) is 8.00. The van der Waals surface area contributed by atoms with E-state index in [9.17, 15) is 0 Å². The van der Waals surface area contributed by atoms with Gasteiger partial charge in [-0.05, 0) is 6.42 Å². The largest absolute Gasteiger partial charge is 0.396 e. The van der Waals surface area contributed by atoms with Crippen molar-refractivity contribution in [1.29, 1.82) is 0 Å². The van der Waals surface area contributed by atoms with Gasteiger partial charge in [0.1, 0.15) is 0 Å². The van der Waals surface area contributed by atoms with Crippen molar-refractivity contribution in [3.63, 3.8) is 0 Å². The highest BCUT2D eigenvalue weighted by Gasteiger charge is 1.84. The Labute approximate surface area is 75.0 Å². The van der Waals surface area contributed by atoms with E-state index in [0.29, 0.717) is 6.61 Å². The molecule has 0 radical (unpaired) electrons. The van der Waals surface area contributed by atoms with Crippen molar-refractivity contribution in [1.82, 2.24) is 0 Å². The van der Waals surface area contributed by atoms with E-state index in [1.165, 1.54) is 25.7 Å². The van der Waals surface area contributed by atoms with Crippen LogP contribution in [0.15, 0.2) is 0 Å². The van der Waals surface area contributed by atoms with E-state index in [4.69, 9.17) is 15.3 Å². The molecule has 3 nitrogen and oxygen atoms in total. The van der Waals surface area contributed by atoms with Crippen LogP contribution in [0.5, 0.6) is 0 Å². The van der Waals surface area contributed by atoms with Crippen LogP contribution in [0.25, 0.3) is 0 Å². The summed E-state index contributed by atoms with van der Waals surface area (Å²) in [4.78, 5) is 0. The minimum Gasteiger partial charge on any atom is -0.396 e. The molecule has 0 amide bonds. The second-order valence-corrected chi connectivity index (χ2v) is 2.59. The number of hydrogen-bond acceptors (Lipinski definition) is 3. The molecule has 0 heterocycles. The van der Waals surface area contributed by atoms with Gasteiger partial charge >= 0.3 is 0 Å². The molecule has 3 heteroatoms. The van der Waals surface area contributed by atoms with Crippen molar-refractivity contribution >= 4 is 0 Å². The molecule has 0 aliphatic heterocycles. The fourth-order valence-corrected chi connectivity index (χ4v) is 0.715. The summed E-state index contributed by atoms with van der Waals surface area (Å²) in [5.74, 6) is 0. The fourth-order valence-electron chi connectivity index (χ4n) is 0.715. The van der Waals surface area contributed by atoms with Crippen LogP contribution in [0.1, 0.15) is 39.0 Å². The van der Waals surface area contributed by atoms with Crippen LogP contribution in [0.3, 0.4) is 0 Å². The Morgan fingerprint density at radius 3 is 1.50 bits per heavy atom.